The summed E-state index contributed by atoms with van der Waals surface area (Å²) in [5.74, 6) is -2.57. The number of hydrogen-bond acceptors (Lipinski definition) is 5. The molecule has 10 heteroatoms. The Morgan fingerprint density at radius 2 is 1.66 bits per heavy atom. The van der Waals surface area contributed by atoms with Crippen LogP contribution in [0.3, 0.4) is 0 Å². The molecule has 202 valence electrons. The molecule has 0 saturated heterocycles. The molecule has 0 radical (unpaired) electrons. The number of carbonyl (C=O) groups is 4. The molecule has 3 rings (SSSR count). The van der Waals surface area contributed by atoms with E-state index >= 15 is 0 Å². The number of amides is 3. The molecule has 0 unspecified atom stereocenters. The fourth-order valence-electron chi connectivity index (χ4n) is 4.36. The third-order valence-electron chi connectivity index (χ3n) is 6.47. The summed E-state index contributed by atoms with van der Waals surface area (Å²) in [4.78, 5) is 57.6. The van der Waals surface area contributed by atoms with Gasteiger partial charge in [-0.05, 0) is 61.1 Å². The molecule has 1 aliphatic rings. The highest BCUT2D eigenvalue weighted by molar-refractivity contribution is 6.25. The molecule has 2 aromatic carbocycles. The number of hydrogen-bond donors (Lipinski definition) is 3. The van der Waals surface area contributed by atoms with Gasteiger partial charge in [0.15, 0.2) is 5.96 Å². The predicted molar refractivity (Wildman–Crippen MR) is 145 cm³/mol. The lowest BCUT2D eigenvalue weighted by molar-refractivity contribution is -0.137. The van der Waals surface area contributed by atoms with E-state index in [-0.39, 0.29) is 36.7 Å². The maximum Gasteiger partial charge on any atom is 0.305 e. The summed E-state index contributed by atoms with van der Waals surface area (Å²) < 4.78 is 0. The van der Waals surface area contributed by atoms with Gasteiger partial charge < -0.3 is 21.5 Å². The number of aryl methyl sites for hydroxylation is 2. The van der Waals surface area contributed by atoms with Crippen molar-refractivity contribution in [3.63, 3.8) is 0 Å². The van der Waals surface area contributed by atoms with Crippen molar-refractivity contribution < 1.29 is 24.3 Å². The first-order valence-electron chi connectivity index (χ1n) is 12.9. The number of carbonyl (C=O) groups excluding carboxylic acids is 3. The van der Waals surface area contributed by atoms with E-state index in [2.05, 4.69) is 4.99 Å². The van der Waals surface area contributed by atoms with E-state index in [4.69, 9.17) is 16.6 Å². The van der Waals surface area contributed by atoms with E-state index in [0.29, 0.717) is 18.5 Å². The monoisotopic (exact) mass is 521 g/mol. The van der Waals surface area contributed by atoms with Gasteiger partial charge in [0.05, 0.1) is 17.7 Å². The molecule has 10 nitrogen and oxygen atoms in total. The predicted octanol–water partition coefficient (Wildman–Crippen LogP) is 2.73. The summed E-state index contributed by atoms with van der Waals surface area (Å²) in [7, 11) is 0. The van der Waals surface area contributed by atoms with Gasteiger partial charge in [-0.3, -0.25) is 24.2 Å². The van der Waals surface area contributed by atoms with Crippen molar-refractivity contribution in [1.82, 2.24) is 4.90 Å². The summed E-state index contributed by atoms with van der Waals surface area (Å²) in [5, 5.41) is 9.13. The molecule has 0 fully saturated rings. The van der Waals surface area contributed by atoms with E-state index < -0.39 is 23.7 Å². The SMILES string of the molecule is CCc1ccc(C(=O)N2C(=O)CN(CCC(=O)O)C(=O)c3cc(CCCCCCN=C(N)N)ccc32)cc1. The van der Waals surface area contributed by atoms with Crippen LogP contribution in [0.2, 0.25) is 0 Å². The van der Waals surface area contributed by atoms with Crippen LogP contribution in [-0.2, 0) is 22.4 Å². The van der Waals surface area contributed by atoms with Gasteiger partial charge in [0.1, 0.15) is 6.54 Å². The minimum Gasteiger partial charge on any atom is -0.481 e. The number of nitrogens with zero attached hydrogens (tertiary/aromatic N) is 3. The Labute approximate surface area is 222 Å². The van der Waals surface area contributed by atoms with E-state index in [9.17, 15) is 19.2 Å². The van der Waals surface area contributed by atoms with Gasteiger partial charge in [-0.1, -0.05) is 38.0 Å². The lowest BCUT2D eigenvalue weighted by Crippen LogP contribution is -2.42. The number of aliphatic imine (C=N–C) groups is 1. The number of unbranched alkanes of at least 4 members (excludes halogenated alkanes) is 3. The Morgan fingerprint density at radius 3 is 2.32 bits per heavy atom. The number of aliphatic carboxylic acids is 1. The Morgan fingerprint density at radius 1 is 0.974 bits per heavy atom. The van der Waals surface area contributed by atoms with Crippen LogP contribution in [0.5, 0.6) is 0 Å². The smallest absolute Gasteiger partial charge is 0.305 e. The molecular formula is C28H35N5O5. The van der Waals surface area contributed by atoms with E-state index in [0.717, 1.165) is 48.1 Å². The Balaban J connectivity index is 1.85. The normalized spacial score (nSPS) is 13.2. The summed E-state index contributed by atoms with van der Waals surface area (Å²) in [6.07, 6.45) is 4.87. The van der Waals surface area contributed by atoms with Crippen LogP contribution in [-0.4, -0.2) is 59.3 Å². The second kappa shape index (κ2) is 13.4. The molecule has 0 atom stereocenters. The zero-order valence-corrected chi connectivity index (χ0v) is 21.7. The van der Waals surface area contributed by atoms with Crippen LogP contribution in [0.4, 0.5) is 5.69 Å². The number of carboxylic acid groups (broad SMARTS) is 1. The average molecular weight is 522 g/mol. The van der Waals surface area contributed by atoms with Crippen molar-refractivity contribution in [3.05, 3.63) is 64.7 Å². The van der Waals surface area contributed by atoms with Gasteiger partial charge >= 0.3 is 5.97 Å². The Kier molecular flexibility index (Phi) is 9.98. The maximum absolute atomic E-state index is 13.5. The summed E-state index contributed by atoms with van der Waals surface area (Å²) >= 11 is 0. The fraction of sp³-hybridized carbons (Fsp3) is 0.393. The quantitative estimate of drug-likeness (QED) is 0.168. The van der Waals surface area contributed by atoms with Gasteiger partial charge in [0, 0.05) is 18.7 Å². The maximum atomic E-state index is 13.5. The second-order valence-electron chi connectivity index (χ2n) is 9.28. The van der Waals surface area contributed by atoms with E-state index in [1.807, 2.05) is 25.1 Å². The van der Waals surface area contributed by atoms with E-state index in [1.54, 1.807) is 24.3 Å². The minimum atomic E-state index is -1.08. The average Bonchev–Trinajstić information content (AvgIpc) is 3.00. The molecule has 1 heterocycles. The Bertz CT molecular complexity index is 1200. The molecule has 5 N–H and O–H groups in total. The number of benzene rings is 2. The number of guanidine groups is 1. The molecule has 38 heavy (non-hydrogen) atoms. The van der Waals surface area contributed by atoms with Crippen molar-refractivity contribution in [2.75, 3.05) is 24.5 Å². The van der Waals surface area contributed by atoms with Crippen molar-refractivity contribution >= 4 is 35.3 Å². The number of anilines is 1. The molecule has 1 aliphatic heterocycles. The van der Waals surface area contributed by atoms with Crippen LogP contribution in [0.1, 0.15) is 70.9 Å². The van der Waals surface area contributed by atoms with E-state index in [1.165, 1.54) is 4.90 Å². The first-order valence-corrected chi connectivity index (χ1v) is 12.9. The first kappa shape index (κ1) is 28.4. The minimum absolute atomic E-state index is 0.0843. The van der Waals surface area contributed by atoms with Gasteiger partial charge in [-0.2, -0.15) is 0 Å². The molecule has 3 amide bonds. The third kappa shape index (κ3) is 7.41. The van der Waals surface area contributed by atoms with Gasteiger partial charge in [0.2, 0.25) is 0 Å². The number of rotatable bonds is 12. The standard InChI is InChI=1S/C28H35N5O5/c1-2-19-8-11-21(12-9-19)26(37)33-23-13-10-20(7-5-3-4-6-15-31-28(29)30)17-22(23)27(38)32(18-24(33)34)16-14-25(35)36/h8-13,17H,2-7,14-16,18H2,1H3,(H,35,36)(H4,29,30,31). The van der Waals surface area contributed by atoms with Crippen LogP contribution in [0.15, 0.2) is 47.5 Å². The zero-order chi connectivity index (χ0) is 27.7. The Hall–Kier alpha value is -4.21. The lowest BCUT2D eigenvalue weighted by Gasteiger charge is -2.21. The number of nitrogens with two attached hydrogens (primary N) is 2. The number of carboxylic acids is 1. The third-order valence-corrected chi connectivity index (χ3v) is 6.47. The number of fused-ring (bicyclic) bond motifs is 1. The molecular weight excluding hydrogens is 486 g/mol. The number of imide groups is 1. The molecule has 0 spiro atoms. The van der Waals surface area contributed by atoms with Crippen LogP contribution >= 0.6 is 0 Å². The molecule has 2 aromatic rings. The largest absolute Gasteiger partial charge is 0.481 e. The highest BCUT2D eigenvalue weighted by atomic mass is 16.4. The molecule has 0 aliphatic carbocycles. The van der Waals surface area contributed by atoms with Gasteiger partial charge in [-0.15, -0.1) is 0 Å². The van der Waals surface area contributed by atoms with Crippen molar-refractivity contribution in [2.24, 2.45) is 16.5 Å². The highest BCUT2D eigenvalue weighted by Gasteiger charge is 2.35. The van der Waals surface area contributed by atoms with Crippen LogP contribution < -0.4 is 16.4 Å². The zero-order valence-electron chi connectivity index (χ0n) is 21.7. The molecule has 0 bridgehead atoms. The first-order chi connectivity index (χ1) is 18.2. The topological polar surface area (TPSA) is 159 Å². The summed E-state index contributed by atoms with van der Waals surface area (Å²) in [5.41, 5.74) is 13.4. The fourth-order valence-corrected chi connectivity index (χ4v) is 4.36. The summed E-state index contributed by atoms with van der Waals surface area (Å²) in [6, 6.07) is 12.2. The van der Waals surface area contributed by atoms with Crippen molar-refractivity contribution in [2.45, 2.75) is 51.9 Å². The van der Waals surface area contributed by atoms with Crippen molar-refractivity contribution in [3.8, 4) is 0 Å². The summed E-state index contributed by atoms with van der Waals surface area (Å²) in [6.45, 7) is 2.07. The van der Waals surface area contributed by atoms with Crippen molar-refractivity contribution in [1.29, 1.82) is 0 Å². The molecule has 0 saturated carbocycles. The highest BCUT2D eigenvalue weighted by Crippen LogP contribution is 2.29. The molecule has 0 aromatic heterocycles. The van der Waals surface area contributed by atoms with Gasteiger partial charge in [-0.25, -0.2) is 4.90 Å². The lowest BCUT2D eigenvalue weighted by atomic mass is 10.0. The van der Waals surface area contributed by atoms with Crippen LogP contribution in [0.25, 0.3) is 0 Å². The van der Waals surface area contributed by atoms with Gasteiger partial charge in [0.25, 0.3) is 17.7 Å². The van der Waals surface area contributed by atoms with Crippen LogP contribution in [0, 0.1) is 0 Å². The second-order valence-corrected chi connectivity index (χ2v) is 9.28.